The first kappa shape index (κ1) is 17.7. The smallest absolute Gasteiger partial charge is 0.315 e. The minimum Gasteiger partial charge on any atom is -0.391 e. The van der Waals surface area contributed by atoms with Gasteiger partial charge in [-0.15, -0.1) is 0 Å². The Morgan fingerprint density at radius 2 is 1.96 bits per heavy atom. The van der Waals surface area contributed by atoms with Crippen molar-refractivity contribution >= 4 is 6.03 Å². The highest BCUT2D eigenvalue weighted by atomic mass is 19.1. The quantitative estimate of drug-likeness (QED) is 0.777. The van der Waals surface area contributed by atoms with Crippen molar-refractivity contribution in [2.24, 2.45) is 0 Å². The molecule has 1 aromatic rings. The Morgan fingerprint density at radius 1 is 1.30 bits per heavy atom. The first-order valence-corrected chi connectivity index (χ1v) is 8.11. The highest BCUT2D eigenvalue weighted by Crippen LogP contribution is 2.19. The number of urea groups is 1. The van der Waals surface area contributed by atoms with Gasteiger partial charge >= 0.3 is 6.03 Å². The van der Waals surface area contributed by atoms with E-state index in [9.17, 15) is 14.3 Å². The largest absolute Gasteiger partial charge is 0.391 e. The van der Waals surface area contributed by atoms with Gasteiger partial charge in [0.15, 0.2) is 0 Å². The number of halogens is 1. The molecule has 1 fully saturated rings. The molecule has 3 N–H and O–H groups in total. The number of benzene rings is 1. The Kier molecular flexibility index (Phi) is 6.36. The van der Waals surface area contributed by atoms with Gasteiger partial charge in [-0.2, -0.15) is 0 Å². The van der Waals surface area contributed by atoms with Crippen LogP contribution in [0.2, 0.25) is 0 Å². The van der Waals surface area contributed by atoms with E-state index in [2.05, 4.69) is 10.6 Å². The first-order chi connectivity index (χ1) is 11.0. The summed E-state index contributed by atoms with van der Waals surface area (Å²) in [5, 5.41) is 15.6. The number of hydrogen-bond donors (Lipinski definition) is 3. The molecule has 5 nitrogen and oxygen atoms in total. The second-order valence-corrected chi connectivity index (χ2v) is 6.34. The van der Waals surface area contributed by atoms with Gasteiger partial charge in [0.05, 0.1) is 18.2 Å². The van der Waals surface area contributed by atoms with E-state index in [1.54, 1.807) is 12.1 Å². The van der Waals surface area contributed by atoms with Crippen molar-refractivity contribution in [2.45, 2.75) is 43.9 Å². The predicted octanol–water partition coefficient (Wildman–Crippen LogP) is 2.03. The summed E-state index contributed by atoms with van der Waals surface area (Å²) < 4.78 is 13.0. The topological polar surface area (TPSA) is 64.6 Å². The molecule has 3 unspecified atom stereocenters. The summed E-state index contributed by atoms with van der Waals surface area (Å²) in [6.07, 6.45) is 3.12. The second kappa shape index (κ2) is 8.26. The second-order valence-electron chi connectivity index (χ2n) is 6.34. The zero-order valence-corrected chi connectivity index (χ0v) is 13.8. The van der Waals surface area contributed by atoms with Crippen LogP contribution in [0.1, 0.15) is 37.3 Å². The minimum atomic E-state index is -0.462. The monoisotopic (exact) mass is 323 g/mol. The number of aliphatic hydroxyl groups excluding tert-OH is 1. The molecule has 128 valence electrons. The van der Waals surface area contributed by atoms with Crippen LogP contribution in [-0.2, 0) is 0 Å². The summed E-state index contributed by atoms with van der Waals surface area (Å²) in [4.78, 5) is 14.0. The molecular formula is C17H26FN3O2. The van der Waals surface area contributed by atoms with Crippen molar-refractivity contribution in [2.75, 3.05) is 20.6 Å². The fraction of sp³-hybridized carbons (Fsp3) is 0.588. The fourth-order valence-electron chi connectivity index (χ4n) is 2.97. The van der Waals surface area contributed by atoms with E-state index in [-0.39, 0.29) is 23.9 Å². The lowest BCUT2D eigenvalue weighted by molar-refractivity contribution is 0.0941. The van der Waals surface area contributed by atoms with Crippen LogP contribution < -0.4 is 10.6 Å². The Bertz CT molecular complexity index is 507. The fourth-order valence-corrected chi connectivity index (χ4v) is 2.97. The van der Waals surface area contributed by atoms with Gasteiger partial charge in [0.1, 0.15) is 5.82 Å². The lowest BCUT2D eigenvalue weighted by atomic mass is 9.93. The third kappa shape index (κ3) is 5.18. The van der Waals surface area contributed by atoms with Crippen LogP contribution in [-0.4, -0.2) is 48.8 Å². The van der Waals surface area contributed by atoms with Gasteiger partial charge in [0.25, 0.3) is 0 Å². The van der Waals surface area contributed by atoms with Gasteiger partial charge in [-0.3, -0.25) is 0 Å². The van der Waals surface area contributed by atoms with E-state index in [1.165, 1.54) is 12.1 Å². The van der Waals surface area contributed by atoms with Crippen molar-refractivity contribution in [1.29, 1.82) is 0 Å². The van der Waals surface area contributed by atoms with Gasteiger partial charge in [0.2, 0.25) is 0 Å². The predicted molar refractivity (Wildman–Crippen MR) is 87.6 cm³/mol. The lowest BCUT2D eigenvalue weighted by Gasteiger charge is -2.29. The molecular weight excluding hydrogens is 297 g/mol. The zero-order chi connectivity index (χ0) is 16.8. The lowest BCUT2D eigenvalue weighted by Crippen LogP contribution is -2.50. The van der Waals surface area contributed by atoms with Crippen molar-refractivity contribution < 1.29 is 14.3 Å². The number of nitrogens with zero attached hydrogens (tertiary/aromatic N) is 1. The molecule has 1 aliphatic rings. The summed E-state index contributed by atoms with van der Waals surface area (Å²) in [6.45, 7) is 0.410. The Balaban J connectivity index is 1.88. The molecule has 2 rings (SSSR count). The van der Waals surface area contributed by atoms with Crippen molar-refractivity contribution in [3.05, 3.63) is 35.6 Å². The molecule has 1 aromatic carbocycles. The van der Waals surface area contributed by atoms with Crippen LogP contribution in [0.15, 0.2) is 24.3 Å². The molecule has 0 bridgehead atoms. The molecule has 0 heterocycles. The van der Waals surface area contributed by atoms with Gasteiger partial charge in [-0.1, -0.05) is 25.0 Å². The number of rotatable bonds is 5. The van der Waals surface area contributed by atoms with E-state index >= 15 is 0 Å². The summed E-state index contributed by atoms with van der Waals surface area (Å²) in [7, 11) is 3.83. The number of carbonyl (C=O) groups is 1. The van der Waals surface area contributed by atoms with Crippen molar-refractivity contribution in [3.8, 4) is 0 Å². The molecule has 1 aliphatic carbocycles. The highest BCUT2D eigenvalue weighted by molar-refractivity contribution is 5.74. The molecule has 1 saturated carbocycles. The number of amides is 2. The van der Waals surface area contributed by atoms with Crippen LogP contribution in [0.5, 0.6) is 0 Å². The van der Waals surface area contributed by atoms with Gasteiger partial charge in [0, 0.05) is 6.54 Å². The maximum atomic E-state index is 13.0. The van der Waals surface area contributed by atoms with Crippen molar-refractivity contribution in [1.82, 2.24) is 15.5 Å². The molecule has 6 heteroatoms. The van der Waals surface area contributed by atoms with Gasteiger partial charge < -0.3 is 20.6 Å². The Hall–Kier alpha value is -1.66. The van der Waals surface area contributed by atoms with Crippen LogP contribution in [0.25, 0.3) is 0 Å². The molecule has 0 saturated heterocycles. The molecule has 0 aromatic heterocycles. The average molecular weight is 323 g/mol. The molecule has 3 atom stereocenters. The standard InChI is InChI=1S/C17H26FN3O2/c1-21(2)15(12-7-9-13(18)10-8-12)11-19-17(23)20-14-5-3-4-6-16(14)22/h7-10,14-16,22H,3-6,11H2,1-2H3,(H2,19,20,23). The summed E-state index contributed by atoms with van der Waals surface area (Å²) >= 11 is 0. The zero-order valence-electron chi connectivity index (χ0n) is 13.8. The van der Waals surface area contributed by atoms with Gasteiger partial charge in [-0.25, -0.2) is 9.18 Å². The number of aliphatic hydroxyl groups is 1. The maximum Gasteiger partial charge on any atom is 0.315 e. The number of carbonyl (C=O) groups excluding carboxylic acids is 1. The van der Waals surface area contributed by atoms with E-state index in [4.69, 9.17) is 0 Å². The summed E-state index contributed by atoms with van der Waals surface area (Å²) in [5.74, 6) is -0.275. The molecule has 2 amide bonds. The first-order valence-electron chi connectivity index (χ1n) is 8.11. The maximum absolute atomic E-state index is 13.0. The minimum absolute atomic E-state index is 0.0439. The van der Waals surface area contributed by atoms with Crippen LogP contribution in [0.4, 0.5) is 9.18 Å². The summed E-state index contributed by atoms with van der Waals surface area (Å²) in [6, 6.07) is 5.80. The van der Waals surface area contributed by atoms with Crippen LogP contribution in [0, 0.1) is 5.82 Å². The summed E-state index contributed by atoms with van der Waals surface area (Å²) in [5.41, 5.74) is 0.939. The third-order valence-corrected chi connectivity index (χ3v) is 4.38. The SMILES string of the molecule is CN(C)C(CNC(=O)NC1CCCCC1O)c1ccc(F)cc1. The average Bonchev–Trinajstić information content (AvgIpc) is 2.51. The normalized spacial score (nSPS) is 22.7. The molecule has 0 aliphatic heterocycles. The molecule has 0 radical (unpaired) electrons. The Morgan fingerprint density at radius 3 is 2.57 bits per heavy atom. The Labute approximate surface area is 136 Å². The number of nitrogens with one attached hydrogen (secondary N) is 2. The number of likely N-dealkylation sites (N-methyl/N-ethyl adjacent to an activating group) is 1. The van der Waals surface area contributed by atoms with Crippen LogP contribution >= 0.6 is 0 Å². The third-order valence-electron chi connectivity index (χ3n) is 4.38. The highest BCUT2D eigenvalue weighted by Gasteiger charge is 2.24. The van der Waals surface area contributed by atoms with E-state index in [1.807, 2.05) is 19.0 Å². The van der Waals surface area contributed by atoms with Crippen LogP contribution in [0.3, 0.4) is 0 Å². The van der Waals surface area contributed by atoms with Crippen molar-refractivity contribution in [3.63, 3.8) is 0 Å². The number of hydrogen-bond acceptors (Lipinski definition) is 3. The van der Waals surface area contributed by atoms with E-state index in [0.29, 0.717) is 6.54 Å². The van der Waals surface area contributed by atoms with E-state index < -0.39 is 6.10 Å². The van der Waals surface area contributed by atoms with E-state index in [0.717, 1.165) is 31.2 Å². The molecule has 23 heavy (non-hydrogen) atoms. The molecule has 0 spiro atoms. The van der Waals surface area contributed by atoms with Gasteiger partial charge in [-0.05, 0) is 44.6 Å².